The molecule has 38 heavy (non-hydrogen) atoms. The maximum atomic E-state index is 13.4. The zero-order chi connectivity index (χ0) is 26.7. The molecule has 3 aromatic carbocycles. The minimum atomic E-state index is -0.325. The fourth-order valence-electron chi connectivity index (χ4n) is 4.47. The lowest BCUT2D eigenvalue weighted by Gasteiger charge is -2.19. The molecule has 2 heterocycles. The van der Waals surface area contributed by atoms with Gasteiger partial charge in [0.15, 0.2) is 5.76 Å². The van der Waals surface area contributed by atoms with Crippen molar-refractivity contribution < 1.29 is 14.0 Å². The van der Waals surface area contributed by atoms with Crippen molar-refractivity contribution in [3.8, 4) is 0 Å². The molecule has 0 atom stereocenters. The van der Waals surface area contributed by atoms with Gasteiger partial charge in [0, 0.05) is 29.7 Å². The molecule has 0 spiro atoms. The maximum absolute atomic E-state index is 13.4. The quantitative estimate of drug-likeness (QED) is 0.256. The van der Waals surface area contributed by atoms with Crippen LogP contribution in [0.2, 0.25) is 0 Å². The zero-order valence-electron chi connectivity index (χ0n) is 21.8. The summed E-state index contributed by atoms with van der Waals surface area (Å²) in [5, 5.41) is 6.78. The number of furan rings is 1. The monoisotopic (exact) mass is 505 g/mol. The summed E-state index contributed by atoms with van der Waals surface area (Å²) in [6.07, 6.45) is 1.46. The van der Waals surface area contributed by atoms with Gasteiger partial charge < -0.3 is 19.6 Å². The number of carbonyl (C=O) groups is 2. The molecule has 0 aliphatic carbocycles. The molecule has 0 saturated carbocycles. The first-order chi connectivity index (χ1) is 18.3. The van der Waals surface area contributed by atoms with E-state index in [1.807, 2.05) is 59.2 Å². The molecule has 2 amide bonds. The van der Waals surface area contributed by atoms with Crippen LogP contribution in [0.3, 0.4) is 0 Å². The first-order valence-corrected chi connectivity index (χ1v) is 12.7. The van der Waals surface area contributed by atoms with Crippen LogP contribution in [-0.2, 0) is 18.5 Å². The first kappa shape index (κ1) is 25.1. The third-order valence-electron chi connectivity index (χ3n) is 6.59. The molecular weight excluding hydrogens is 474 g/mol. The van der Waals surface area contributed by atoms with E-state index in [0.717, 1.165) is 22.0 Å². The number of amides is 2. The van der Waals surface area contributed by atoms with E-state index in [4.69, 9.17) is 4.42 Å². The molecule has 0 saturated heterocycles. The average Bonchev–Trinajstić information content (AvgIpc) is 3.57. The van der Waals surface area contributed by atoms with Crippen molar-refractivity contribution in [3.05, 3.63) is 125 Å². The lowest BCUT2D eigenvalue weighted by atomic mass is 9.87. The molecule has 5 rings (SSSR count). The van der Waals surface area contributed by atoms with Crippen molar-refractivity contribution in [1.29, 1.82) is 0 Å². The minimum absolute atomic E-state index is 0.0671. The van der Waals surface area contributed by atoms with E-state index >= 15 is 0 Å². The van der Waals surface area contributed by atoms with Gasteiger partial charge in [-0.05, 0) is 58.5 Å². The summed E-state index contributed by atoms with van der Waals surface area (Å²) in [5.74, 6) is -0.242. The van der Waals surface area contributed by atoms with E-state index in [1.165, 1.54) is 11.8 Å². The topological polar surface area (TPSA) is 76.3 Å². The number of aromatic nitrogens is 1. The van der Waals surface area contributed by atoms with Gasteiger partial charge in [-0.15, -0.1) is 0 Å². The highest BCUT2D eigenvalue weighted by Gasteiger charge is 2.18. The van der Waals surface area contributed by atoms with Gasteiger partial charge in [0.1, 0.15) is 5.69 Å². The number of hydrogen-bond donors (Lipinski definition) is 2. The Labute approximate surface area is 222 Å². The smallest absolute Gasteiger partial charge is 0.291 e. The molecule has 6 heteroatoms. The highest BCUT2D eigenvalue weighted by atomic mass is 16.3. The van der Waals surface area contributed by atoms with Crippen LogP contribution < -0.4 is 10.6 Å². The number of carbonyl (C=O) groups excluding carboxylic acids is 2. The van der Waals surface area contributed by atoms with Crippen molar-refractivity contribution in [1.82, 2.24) is 9.88 Å². The Hall–Kier alpha value is -4.58. The van der Waals surface area contributed by atoms with Gasteiger partial charge in [-0.1, -0.05) is 75.4 Å². The van der Waals surface area contributed by atoms with Crippen LogP contribution in [0.4, 0.5) is 5.69 Å². The van der Waals surface area contributed by atoms with E-state index in [1.54, 1.807) is 12.1 Å². The number of rotatable bonds is 7. The van der Waals surface area contributed by atoms with Gasteiger partial charge >= 0.3 is 0 Å². The van der Waals surface area contributed by atoms with Gasteiger partial charge in [-0.25, -0.2) is 0 Å². The molecule has 0 aliphatic heterocycles. The van der Waals surface area contributed by atoms with E-state index in [9.17, 15) is 9.59 Å². The summed E-state index contributed by atoms with van der Waals surface area (Å²) in [4.78, 5) is 25.9. The summed E-state index contributed by atoms with van der Waals surface area (Å²) >= 11 is 0. The molecule has 192 valence electrons. The van der Waals surface area contributed by atoms with E-state index in [-0.39, 0.29) is 23.0 Å². The number of hydrogen-bond acceptors (Lipinski definition) is 3. The second-order valence-corrected chi connectivity index (χ2v) is 10.4. The number of nitrogens with zero attached hydrogens (tertiary/aromatic N) is 1. The largest absolute Gasteiger partial charge is 0.459 e. The van der Waals surface area contributed by atoms with E-state index < -0.39 is 0 Å². The van der Waals surface area contributed by atoms with Crippen molar-refractivity contribution in [2.75, 3.05) is 5.32 Å². The van der Waals surface area contributed by atoms with Gasteiger partial charge in [-0.2, -0.15) is 0 Å². The summed E-state index contributed by atoms with van der Waals surface area (Å²) < 4.78 is 7.23. The van der Waals surface area contributed by atoms with Gasteiger partial charge in [0.2, 0.25) is 0 Å². The van der Waals surface area contributed by atoms with Crippen LogP contribution in [0.1, 0.15) is 58.5 Å². The fourth-order valence-corrected chi connectivity index (χ4v) is 4.47. The predicted octanol–water partition coefficient (Wildman–Crippen LogP) is 6.76. The molecule has 0 radical (unpaired) electrons. The van der Waals surface area contributed by atoms with E-state index in [2.05, 4.69) is 55.7 Å². The molecule has 0 aliphatic rings. The molecule has 2 N–H and O–H groups in total. The van der Waals surface area contributed by atoms with Crippen molar-refractivity contribution in [2.24, 2.45) is 0 Å². The number of anilines is 1. The molecule has 6 nitrogen and oxygen atoms in total. The van der Waals surface area contributed by atoms with Crippen LogP contribution in [0.5, 0.6) is 0 Å². The zero-order valence-corrected chi connectivity index (χ0v) is 21.8. The Bertz CT molecular complexity index is 1560. The second kappa shape index (κ2) is 10.4. The van der Waals surface area contributed by atoms with Gasteiger partial charge in [-0.3, -0.25) is 9.59 Å². The lowest BCUT2D eigenvalue weighted by Crippen LogP contribution is -2.25. The van der Waals surface area contributed by atoms with Crippen molar-refractivity contribution >= 4 is 28.4 Å². The molecule has 0 unspecified atom stereocenters. The van der Waals surface area contributed by atoms with Crippen LogP contribution >= 0.6 is 0 Å². The van der Waals surface area contributed by atoms with Gasteiger partial charge in [0.25, 0.3) is 11.8 Å². The molecular formula is C32H31N3O3. The number of benzene rings is 3. The van der Waals surface area contributed by atoms with Crippen LogP contribution in [-0.4, -0.2) is 16.4 Å². The number of fused-ring (bicyclic) bond motifs is 1. The Kier molecular flexibility index (Phi) is 6.88. The fraction of sp³-hybridized carbons (Fsp3) is 0.188. The third kappa shape index (κ3) is 5.54. The van der Waals surface area contributed by atoms with Crippen molar-refractivity contribution in [2.45, 2.75) is 39.3 Å². The molecule has 0 fully saturated rings. The summed E-state index contributed by atoms with van der Waals surface area (Å²) in [6.45, 7) is 7.56. The SMILES string of the molecule is CC(C)(C)c1ccc(Cn2c(C(=O)NCc3ccccc3)cc3cc(NC(=O)c4ccco4)ccc32)cc1. The third-order valence-corrected chi connectivity index (χ3v) is 6.59. The van der Waals surface area contributed by atoms with E-state index in [0.29, 0.717) is 24.5 Å². The van der Waals surface area contributed by atoms with Crippen molar-refractivity contribution in [3.63, 3.8) is 0 Å². The summed E-state index contributed by atoms with van der Waals surface area (Å²) in [6, 6.07) is 29.2. The highest BCUT2D eigenvalue weighted by Crippen LogP contribution is 2.27. The maximum Gasteiger partial charge on any atom is 0.291 e. The normalized spacial score (nSPS) is 11.4. The summed E-state index contributed by atoms with van der Waals surface area (Å²) in [5.41, 5.74) is 5.55. The van der Waals surface area contributed by atoms with Crippen LogP contribution in [0.25, 0.3) is 10.9 Å². The second-order valence-electron chi connectivity index (χ2n) is 10.4. The Morgan fingerprint density at radius 2 is 1.58 bits per heavy atom. The summed E-state index contributed by atoms with van der Waals surface area (Å²) in [7, 11) is 0. The minimum Gasteiger partial charge on any atom is -0.459 e. The van der Waals surface area contributed by atoms with Gasteiger partial charge in [0.05, 0.1) is 6.26 Å². The first-order valence-electron chi connectivity index (χ1n) is 12.7. The standard InChI is InChI=1S/C32H31N3O3/c1-32(2,3)25-13-11-23(12-14-25)21-35-27-16-15-26(34-31(37)29-10-7-17-38-29)18-24(27)19-28(35)30(36)33-20-22-8-5-4-6-9-22/h4-19H,20-21H2,1-3H3,(H,33,36)(H,34,37). The number of nitrogens with one attached hydrogen (secondary N) is 2. The van der Waals surface area contributed by atoms with Crippen LogP contribution in [0, 0.1) is 0 Å². The Morgan fingerprint density at radius 3 is 2.26 bits per heavy atom. The molecule has 5 aromatic rings. The molecule has 0 bridgehead atoms. The Balaban J connectivity index is 1.46. The Morgan fingerprint density at radius 1 is 0.816 bits per heavy atom. The average molecular weight is 506 g/mol. The predicted molar refractivity (Wildman–Crippen MR) is 150 cm³/mol. The van der Waals surface area contributed by atoms with Crippen LogP contribution in [0.15, 0.2) is 102 Å². The highest BCUT2D eigenvalue weighted by molar-refractivity contribution is 6.04. The molecule has 2 aromatic heterocycles. The lowest BCUT2D eigenvalue weighted by molar-refractivity contribution is 0.0941.